The Morgan fingerprint density at radius 2 is 1.63 bits per heavy atom. The van der Waals surface area contributed by atoms with Crippen LogP contribution < -0.4 is 4.90 Å². The van der Waals surface area contributed by atoms with Crippen molar-refractivity contribution >= 4 is 66.7 Å². The highest BCUT2D eigenvalue weighted by molar-refractivity contribution is 9.10. The van der Waals surface area contributed by atoms with Crippen LogP contribution >= 0.6 is 39.1 Å². The lowest BCUT2D eigenvalue weighted by Crippen LogP contribution is -2.55. The highest BCUT2D eigenvalue weighted by Gasteiger charge is 2.52. The molecule has 1 N–H and O–H groups in total. The number of aliphatic hydroxyl groups is 1. The maximum absolute atomic E-state index is 14.2. The number of nitrogens with zero attached hydrogens (tertiary/aromatic N) is 5. The third kappa shape index (κ3) is 5.58. The molecule has 2 atom stereocenters. The molecule has 2 aliphatic heterocycles. The van der Waals surface area contributed by atoms with E-state index in [0.29, 0.717) is 28.8 Å². The molecule has 0 spiro atoms. The number of aliphatic hydroxyl groups excluding tert-OH is 1. The van der Waals surface area contributed by atoms with Crippen molar-refractivity contribution in [1.29, 1.82) is 0 Å². The van der Waals surface area contributed by atoms with Gasteiger partial charge in [-0.1, -0.05) is 72.0 Å². The first kappa shape index (κ1) is 30.5. The number of imidazole rings is 1. The minimum atomic E-state index is -4.06. The molecule has 1 unspecified atom stereocenters. The fourth-order valence-electron chi connectivity index (χ4n) is 5.48. The maximum atomic E-state index is 14.2. The quantitative estimate of drug-likeness (QED) is 0.381. The van der Waals surface area contributed by atoms with Crippen molar-refractivity contribution in [2.45, 2.75) is 50.9 Å². The van der Waals surface area contributed by atoms with E-state index < -0.39 is 21.8 Å². The van der Waals surface area contributed by atoms with Gasteiger partial charge < -0.3 is 5.11 Å². The molecule has 0 radical (unpaired) electrons. The summed E-state index contributed by atoms with van der Waals surface area (Å²) in [6, 6.07) is 12.3. The normalized spacial score (nSPS) is 21.4. The molecule has 0 saturated carbocycles. The summed E-state index contributed by atoms with van der Waals surface area (Å²) in [7, 11) is -4.06. The molecule has 5 rings (SSSR count). The SMILES string of the molecule is CC(C)(C)C(O)N1CCN(S(=O)(=O)c2cnc3n2[C@](C)(Cc2ccc(Br)cc2)C(=O)N3c2cc(Cl)cc(Cl)c2)CC1. The molecule has 9 nitrogen and oxygen atoms in total. The van der Waals surface area contributed by atoms with E-state index in [0.717, 1.165) is 10.0 Å². The number of carbonyl (C=O) groups excluding carboxylic acids is 1. The highest BCUT2D eigenvalue weighted by Crippen LogP contribution is 2.45. The first-order valence-corrected chi connectivity index (χ1v) is 16.2. The van der Waals surface area contributed by atoms with E-state index in [-0.39, 0.29) is 41.8 Å². The molecule has 3 heterocycles. The predicted molar refractivity (Wildman–Crippen MR) is 163 cm³/mol. The summed E-state index contributed by atoms with van der Waals surface area (Å²) in [4.78, 5) is 22.0. The van der Waals surface area contributed by atoms with E-state index in [1.807, 2.05) is 49.9 Å². The van der Waals surface area contributed by atoms with Gasteiger partial charge in [-0.25, -0.2) is 18.3 Å². The number of piperazine rings is 1. The minimum absolute atomic E-state index is 0.0686. The molecule has 1 saturated heterocycles. The predicted octanol–water partition coefficient (Wildman–Crippen LogP) is 5.26. The number of aromatic nitrogens is 2. The molecule has 13 heteroatoms. The molecule has 1 aromatic heterocycles. The number of carbonyl (C=O) groups is 1. The van der Waals surface area contributed by atoms with Gasteiger partial charge in [0, 0.05) is 52.5 Å². The number of sulfonamides is 1. The van der Waals surface area contributed by atoms with E-state index in [9.17, 15) is 18.3 Å². The Balaban J connectivity index is 1.56. The van der Waals surface area contributed by atoms with Crippen molar-refractivity contribution in [3.05, 3.63) is 68.7 Å². The summed E-state index contributed by atoms with van der Waals surface area (Å²) in [5.41, 5.74) is -0.438. The van der Waals surface area contributed by atoms with Crippen molar-refractivity contribution in [2.75, 3.05) is 31.1 Å². The second-order valence-corrected chi connectivity index (χ2v) is 15.4. The van der Waals surface area contributed by atoms with Crippen LogP contribution in [0.25, 0.3) is 0 Å². The molecular formula is C28H32BrCl2N5O4S. The topological polar surface area (TPSA) is 99.0 Å². The summed E-state index contributed by atoms with van der Waals surface area (Å²) in [5.74, 6) is -0.176. The van der Waals surface area contributed by atoms with Crippen molar-refractivity contribution in [3.63, 3.8) is 0 Å². The third-order valence-electron chi connectivity index (χ3n) is 7.63. The fraction of sp³-hybridized carbons (Fsp3) is 0.429. The molecule has 1 amide bonds. The lowest BCUT2D eigenvalue weighted by Gasteiger charge is -2.41. The summed E-state index contributed by atoms with van der Waals surface area (Å²) >= 11 is 16.0. The number of hydrogen-bond donors (Lipinski definition) is 1. The largest absolute Gasteiger partial charge is 0.378 e. The van der Waals surface area contributed by atoms with E-state index >= 15 is 0 Å². The Hall–Kier alpha value is -1.99. The molecule has 0 bridgehead atoms. The molecule has 2 aliphatic rings. The van der Waals surface area contributed by atoms with Gasteiger partial charge >= 0.3 is 0 Å². The van der Waals surface area contributed by atoms with Gasteiger partial charge in [-0.3, -0.25) is 14.3 Å². The Labute approximate surface area is 258 Å². The number of benzene rings is 2. The molecule has 2 aromatic carbocycles. The van der Waals surface area contributed by atoms with Crippen molar-refractivity contribution in [3.8, 4) is 0 Å². The third-order valence-corrected chi connectivity index (χ3v) is 10.5. The molecule has 41 heavy (non-hydrogen) atoms. The van der Waals surface area contributed by atoms with E-state index in [1.54, 1.807) is 25.1 Å². The fourth-order valence-corrected chi connectivity index (χ4v) is 7.87. The molecular weight excluding hydrogens is 653 g/mol. The van der Waals surface area contributed by atoms with Crippen LogP contribution in [0.4, 0.5) is 11.6 Å². The molecule has 3 aromatic rings. The number of anilines is 2. The van der Waals surface area contributed by atoms with Gasteiger partial charge in [0.25, 0.3) is 15.9 Å². The Kier molecular flexibility index (Phi) is 8.12. The van der Waals surface area contributed by atoms with Crippen LogP contribution in [0, 0.1) is 5.41 Å². The summed E-state index contributed by atoms with van der Waals surface area (Å²) in [5, 5.41) is 11.3. The Bertz CT molecular complexity index is 1560. The van der Waals surface area contributed by atoms with Crippen LogP contribution in [0.15, 0.2) is 58.2 Å². The lowest BCUT2D eigenvalue weighted by atomic mass is 9.92. The van der Waals surface area contributed by atoms with Crippen LogP contribution in [0.1, 0.15) is 33.3 Å². The number of fused-ring (bicyclic) bond motifs is 1. The zero-order valence-corrected chi connectivity index (χ0v) is 27.1. The molecule has 0 aliphatic carbocycles. The van der Waals surface area contributed by atoms with Gasteiger partial charge in [0.1, 0.15) is 11.8 Å². The van der Waals surface area contributed by atoms with Gasteiger partial charge in [-0.05, 0) is 42.8 Å². The zero-order valence-electron chi connectivity index (χ0n) is 23.2. The van der Waals surface area contributed by atoms with Gasteiger partial charge in [-0.2, -0.15) is 4.31 Å². The zero-order chi connectivity index (χ0) is 29.9. The number of rotatable bonds is 6. The van der Waals surface area contributed by atoms with Crippen molar-refractivity contribution in [1.82, 2.24) is 18.8 Å². The Morgan fingerprint density at radius 1 is 1.05 bits per heavy atom. The van der Waals surface area contributed by atoms with Crippen LogP contribution in [0.2, 0.25) is 10.0 Å². The summed E-state index contributed by atoms with van der Waals surface area (Å²) < 4.78 is 32.1. The first-order chi connectivity index (χ1) is 19.1. The highest BCUT2D eigenvalue weighted by atomic mass is 79.9. The first-order valence-electron chi connectivity index (χ1n) is 13.2. The second kappa shape index (κ2) is 10.9. The van der Waals surface area contributed by atoms with Gasteiger partial charge in [-0.15, -0.1) is 0 Å². The van der Waals surface area contributed by atoms with Crippen LogP contribution in [0.5, 0.6) is 0 Å². The lowest BCUT2D eigenvalue weighted by molar-refractivity contribution is -0.124. The number of hydrogen-bond acceptors (Lipinski definition) is 6. The van der Waals surface area contributed by atoms with E-state index in [2.05, 4.69) is 20.9 Å². The van der Waals surface area contributed by atoms with Gasteiger partial charge in [0.2, 0.25) is 5.95 Å². The average Bonchev–Trinajstić information content (AvgIpc) is 3.42. The van der Waals surface area contributed by atoms with Crippen LogP contribution in [0.3, 0.4) is 0 Å². The summed E-state index contributed by atoms with van der Waals surface area (Å²) in [6.45, 7) is 8.70. The molecule has 220 valence electrons. The van der Waals surface area contributed by atoms with Crippen LogP contribution in [-0.2, 0) is 26.8 Å². The van der Waals surface area contributed by atoms with E-state index in [4.69, 9.17) is 23.2 Å². The number of amides is 1. The molecule has 1 fully saturated rings. The minimum Gasteiger partial charge on any atom is -0.378 e. The van der Waals surface area contributed by atoms with Crippen molar-refractivity contribution < 1.29 is 18.3 Å². The average molecular weight is 685 g/mol. The van der Waals surface area contributed by atoms with E-state index in [1.165, 1.54) is 20.0 Å². The second-order valence-electron chi connectivity index (χ2n) is 11.8. The van der Waals surface area contributed by atoms with Crippen molar-refractivity contribution in [2.24, 2.45) is 5.41 Å². The number of halogens is 3. The summed E-state index contributed by atoms with van der Waals surface area (Å²) in [6.07, 6.45) is 0.838. The van der Waals surface area contributed by atoms with Gasteiger partial charge in [0.15, 0.2) is 5.03 Å². The van der Waals surface area contributed by atoms with Gasteiger partial charge in [0.05, 0.1) is 11.9 Å². The maximum Gasteiger partial charge on any atom is 0.260 e. The van der Waals surface area contributed by atoms with Crippen LogP contribution in [-0.4, -0.2) is 70.6 Å². The Morgan fingerprint density at radius 3 is 2.20 bits per heavy atom. The monoisotopic (exact) mass is 683 g/mol. The standard InChI is InChI=1S/C28H32BrCl2N5O4S/c1-27(2,3)24(37)33-9-11-34(12-10-33)41(39,40)23-17-32-26-35(22-14-20(30)13-21(31)15-22)25(38)28(4,36(23)26)16-18-5-7-19(29)8-6-18/h5-8,13-15,17,24,37H,9-12,16H2,1-4H3/t24?,28-/m1/s1. The smallest absolute Gasteiger partial charge is 0.260 e.